The van der Waals surface area contributed by atoms with E-state index in [1.165, 1.54) is 6.07 Å². The Bertz CT molecular complexity index is 681. The smallest absolute Gasteiger partial charge is 0.337 e. The summed E-state index contributed by atoms with van der Waals surface area (Å²) in [5.74, 6) is -1.81. The van der Waals surface area contributed by atoms with E-state index >= 15 is 0 Å². The molecule has 1 unspecified atom stereocenters. The van der Waals surface area contributed by atoms with Gasteiger partial charge in [-0.15, -0.1) is 0 Å². The van der Waals surface area contributed by atoms with Crippen molar-refractivity contribution in [2.75, 3.05) is 11.1 Å². The number of carboxylic acids is 1. The minimum atomic E-state index is -3.45. The first-order chi connectivity index (χ1) is 9.83. The number of aryl methyl sites for hydroxylation is 1. The first kappa shape index (κ1) is 15.5. The van der Waals surface area contributed by atoms with Crippen molar-refractivity contribution in [1.82, 2.24) is 0 Å². The maximum absolute atomic E-state index is 12.2. The predicted molar refractivity (Wildman–Crippen MR) is 78.2 cm³/mol. The Hall–Kier alpha value is -1.89. The molecule has 0 aliphatic carbocycles. The fourth-order valence-electron chi connectivity index (χ4n) is 2.46. The van der Waals surface area contributed by atoms with E-state index in [4.69, 9.17) is 5.11 Å². The first-order valence-electron chi connectivity index (χ1n) is 6.68. The summed E-state index contributed by atoms with van der Waals surface area (Å²) in [5.41, 5.74) is 0.698. The van der Waals surface area contributed by atoms with Crippen molar-refractivity contribution in [2.24, 2.45) is 0 Å². The van der Waals surface area contributed by atoms with Crippen molar-refractivity contribution in [3.63, 3.8) is 0 Å². The number of hydrogen-bond donors (Lipinski definition) is 2. The summed E-state index contributed by atoms with van der Waals surface area (Å²) in [4.78, 5) is 23.4. The largest absolute Gasteiger partial charge is 0.478 e. The minimum absolute atomic E-state index is 0.00461. The van der Waals surface area contributed by atoms with E-state index in [2.05, 4.69) is 5.32 Å². The van der Waals surface area contributed by atoms with Crippen LogP contribution in [0.2, 0.25) is 0 Å². The number of carbonyl (C=O) groups excluding carboxylic acids is 1. The quantitative estimate of drug-likeness (QED) is 0.883. The van der Waals surface area contributed by atoms with Crippen LogP contribution in [0.25, 0.3) is 0 Å². The zero-order chi connectivity index (χ0) is 15.6. The van der Waals surface area contributed by atoms with Gasteiger partial charge in [-0.1, -0.05) is 18.6 Å². The van der Waals surface area contributed by atoms with Crippen LogP contribution in [0, 0.1) is 6.92 Å². The van der Waals surface area contributed by atoms with E-state index in [1.54, 1.807) is 19.1 Å². The molecule has 1 amide bonds. The Morgan fingerprint density at radius 3 is 2.62 bits per heavy atom. The van der Waals surface area contributed by atoms with Crippen LogP contribution in [0.3, 0.4) is 0 Å². The topological polar surface area (TPSA) is 101 Å². The van der Waals surface area contributed by atoms with Gasteiger partial charge in [0.05, 0.1) is 17.0 Å². The highest BCUT2D eigenvalue weighted by Gasteiger charge is 2.35. The summed E-state index contributed by atoms with van der Waals surface area (Å²) >= 11 is 0. The highest BCUT2D eigenvalue weighted by atomic mass is 32.2. The molecule has 1 aliphatic rings. The molecule has 0 saturated carbocycles. The van der Waals surface area contributed by atoms with Crippen LogP contribution in [0.5, 0.6) is 0 Å². The van der Waals surface area contributed by atoms with Crippen LogP contribution in [0.4, 0.5) is 5.69 Å². The zero-order valence-electron chi connectivity index (χ0n) is 11.6. The maximum atomic E-state index is 12.2. The SMILES string of the molecule is Cc1cccc(C(=O)O)c1NC(=O)C1CCCCS1(=O)=O. The number of benzene rings is 1. The minimum Gasteiger partial charge on any atom is -0.478 e. The van der Waals surface area contributed by atoms with E-state index in [0.29, 0.717) is 18.4 Å². The van der Waals surface area contributed by atoms with Gasteiger partial charge in [0.2, 0.25) is 5.91 Å². The van der Waals surface area contributed by atoms with E-state index in [1.807, 2.05) is 0 Å². The number of anilines is 1. The normalized spacial score (nSPS) is 20.7. The van der Waals surface area contributed by atoms with Gasteiger partial charge in [0, 0.05) is 0 Å². The Kier molecular flexibility index (Phi) is 4.32. The summed E-state index contributed by atoms with van der Waals surface area (Å²) in [7, 11) is -3.45. The lowest BCUT2D eigenvalue weighted by molar-refractivity contribution is -0.116. The van der Waals surface area contributed by atoms with Gasteiger partial charge in [0.25, 0.3) is 0 Å². The lowest BCUT2D eigenvalue weighted by Gasteiger charge is -2.22. The van der Waals surface area contributed by atoms with Gasteiger partial charge < -0.3 is 10.4 Å². The monoisotopic (exact) mass is 311 g/mol. The van der Waals surface area contributed by atoms with Gasteiger partial charge in [-0.05, 0) is 31.4 Å². The van der Waals surface area contributed by atoms with Crippen LogP contribution >= 0.6 is 0 Å². The number of carbonyl (C=O) groups is 2. The molecular weight excluding hydrogens is 294 g/mol. The molecule has 0 aromatic heterocycles. The van der Waals surface area contributed by atoms with Gasteiger partial charge in [-0.25, -0.2) is 13.2 Å². The summed E-state index contributed by atoms with van der Waals surface area (Å²) in [6, 6.07) is 4.61. The predicted octanol–water partition coefficient (Wildman–Crippen LogP) is 1.60. The second kappa shape index (κ2) is 5.85. The van der Waals surface area contributed by atoms with Crippen LogP contribution in [-0.4, -0.2) is 36.4 Å². The molecule has 1 aromatic carbocycles. The summed E-state index contributed by atoms with van der Waals surface area (Å²) < 4.78 is 23.9. The maximum Gasteiger partial charge on any atom is 0.337 e. The summed E-state index contributed by atoms with van der Waals surface area (Å²) in [6.45, 7) is 1.66. The lowest BCUT2D eigenvalue weighted by atomic mass is 10.1. The highest BCUT2D eigenvalue weighted by molar-refractivity contribution is 7.92. The van der Waals surface area contributed by atoms with Crippen LogP contribution in [0.15, 0.2) is 18.2 Å². The molecule has 2 rings (SSSR count). The number of aromatic carboxylic acids is 1. The highest BCUT2D eigenvalue weighted by Crippen LogP contribution is 2.24. The van der Waals surface area contributed by atoms with Crippen molar-refractivity contribution in [3.8, 4) is 0 Å². The lowest BCUT2D eigenvalue weighted by Crippen LogP contribution is -2.39. The molecule has 6 nitrogen and oxygen atoms in total. The molecule has 1 heterocycles. The van der Waals surface area contributed by atoms with Gasteiger partial charge in [0.1, 0.15) is 5.25 Å². The third kappa shape index (κ3) is 3.24. The van der Waals surface area contributed by atoms with Gasteiger partial charge >= 0.3 is 5.97 Å². The number of amides is 1. The molecule has 21 heavy (non-hydrogen) atoms. The van der Waals surface area contributed by atoms with Gasteiger partial charge in [0.15, 0.2) is 9.84 Å². The molecule has 0 spiro atoms. The van der Waals surface area contributed by atoms with Crippen molar-refractivity contribution >= 4 is 27.4 Å². The fraction of sp³-hybridized carbons (Fsp3) is 0.429. The van der Waals surface area contributed by atoms with E-state index in [0.717, 1.165) is 0 Å². The van der Waals surface area contributed by atoms with E-state index < -0.39 is 27.0 Å². The molecule has 1 fully saturated rings. The fourth-order valence-corrected chi connectivity index (χ4v) is 4.27. The Morgan fingerprint density at radius 1 is 1.29 bits per heavy atom. The zero-order valence-corrected chi connectivity index (χ0v) is 12.4. The second-order valence-corrected chi connectivity index (χ2v) is 7.45. The number of para-hydroxylation sites is 1. The number of hydrogen-bond acceptors (Lipinski definition) is 4. The van der Waals surface area contributed by atoms with Crippen molar-refractivity contribution < 1.29 is 23.1 Å². The first-order valence-corrected chi connectivity index (χ1v) is 8.40. The average Bonchev–Trinajstić information content (AvgIpc) is 2.40. The van der Waals surface area contributed by atoms with Crippen LogP contribution < -0.4 is 5.32 Å². The number of carboxylic acid groups (broad SMARTS) is 1. The number of sulfone groups is 1. The average molecular weight is 311 g/mol. The Labute approximate surface area is 123 Å². The van der Waals surface area contributed by atoms with Gasteiger partial charge in [-0.3, -0.25) is 4.79 Å². The third-order valence-electron chi connectivity index (χ3n) is 3.62. The molecule has 0 radical (unpaired) electrons. The van der Waals surface area contributed by atoms with E-state index in [-0.39, 0.29) is 23.4 Å². The van der Waals surface area contributed by atoms with Gasteiger partial charge in [-0.2, -0.15) is 0 Å². The summed E-state index contributed by atoms with van der Waals surface area (Å²) in [5, 5.41) is 10.5. The Morgan fingerprint density at radius 2 is 2.00 bits per heavy atom. The summed E-state index contributed by atoms with van der Waals surface area (Å²) in [6.07, 6.45) is 1.52. The molecule has 1 atom stereocenters. The number of nitrogens with one attached hydrogen (secondary N) is 1. The molecule has 114 valence electrons. The molecule has 1 saturated heterocycles. The standard InChI is InChI=1S/C14H17NO5S/c1-9-5-4-6-10(14(17)18)12(9)15-13(16)11-7-2-3-8-21(11,19)20/h4-6,11H,2-3,7-8H2,1H3,(H,15,16)(H,17,18). The molecule has 1 aromatic rings. The molecule has 2 N–H and O–H groups in total. The van der Waals surface area contributed by atoms with Crippen molar-refractivity contribution in [3.05, 3.63) is 29.3 Å². The molecular formula is C14H17NO5S. The van der Waals surface area contributed by atoms with E-state index in [9.17, 15) is 18.0 Å². The third-order valence-corrected chi connectivity index (χ3v) is 5.80. The second-order valence-electron chi connectivity index (χ2n) is 5.14. The molecule has 1 aliphatic heterocycles. The Balaban J connectivity index is 2.30. The van der Waals surface area contributed by atoms with Crippen LogP contribution in [-0.2, 0) is 14.6 Å². The van der Waals surface area contributed by atoms with Crippen molar-refractivity contribution in [1.29, 1.82) is 0 Å². The number of rotatable bonds is 3. The van der Waals surface area contributed by atoms with Crippen molar-refractivity contribution in [2.45, 2.75) is 31.4 Å². The molecule has 7 heteroatoms. The molecule has 0 bridgehead atoms. The van der Waals surface area contributed by atoms with Crippen LogP contribution in [0.1, 0.15) is 35.2 Å².